The summed E-state index contributed by atoms with van der Waals surface area (Å²) in [4.78, 5) is 174. The average Bonchev–Trinajstić information content (AvgIpc) is 1.54. The number of amides is 12. The molecule has 16 atom stereocenters. The van der Waals surface area contributed by atoms with Gasteiger partial charge in [0.25, 0.3) is 23.6 Å². The molecule has 0 spiro atoms. The average molecular weight is 1850 g/mol. The molecule has 32 heteroatoms. The number of ether oxygens (including phenoxy) is 8. The van der Waals surface area contributed by atoms with Crippen LogP contribution in [0, 0.1) is 54.3 Å². The Balaban J connectivity index is 0.000000119. The maximum atomic E-state index is 13.9. The first-order valence-electron chi connectivity index (χ1n) is 42.2. The Morgan fingerprint density at radius 3 is 1.03 bits per heavy atom. The summed E-state index contributed by atoms with van der Waals surface area (Å²) in [6.07, 6.45) is 0.845. The normalized spacial score (nSPS) is 28.3. The van der Waals surface area contributed by atoms with Crippen molar-refractivity contribution in [3.05, 3.63) is 235 Å². The number of carbonyl (C=O) groups excluding carboxylic acids is 12. The van der Waals surface area contributed by atoms with Crippen LogP contribution in [0.3, 0.4) is 0 Å². The van der Waals surface area contributed by atoms with Crippen LogP contribution < -0.4 is 38.5 Å². The van der Waals surface area contributed by atoms with E-state index >= 15 is 0 Å². The third kappa shape index (κ3) is 13.4. The van der Waals surface area contributed by atoms with E-state index in [1.54, 1.807) is 172 Å². The highest BCUT2D eigenvalue weighted by molar-refractivity contribution is 9.10. The predicted octanol–water partition coefficient (Wildman–Crippen LogP) is 16.2. The molecule has 0 N–H and O–H groups in total. The van der Waals surface area contributed by atoms with E-state index in [-0.39, 0.29) is 70.6 Å². The summed E-state index contributed by atoms with van der Waals surface area (Å²) >= 11 is 21.5. The molecule has 0 unspecified atom stereocenters. The SMILES string of the molecule is CCOC(=O)[C@@H]1[C@H]2COc3cc(CC)ccc3[C@H]2N2C(=O)N(c3cccc(Cl)c3)C(=O)[C@@]12C.CCOC(=O)[C@@H]1[C@H]2COc3ccc(C)cc3[C@H]2N2C(=O)N(c3ccc(Br)cc3)C(=O)[C@]12C.CCOC(=O)[C@@H]1[C@H]2COc3ccccc3[C@@H]2N2C(=O)N(c3ccc(Cl)cc3)C(=O)[C@]12C.CCOC(=O)[C@@H]1[C@H]2COc3ccccc3[C@H]2N2C(=O)N(c3ccc(Cl)cc3)C(=O)[C@]12C. The van der Waals surface area contributed by atoms with Gasteiger partial charge < -0.3 is 57.5 Å². The quantitative estimate of drug-likeness (QED) is 0.0588. The van der Waals surface area contributed by atoms with E-state index in [9.17, 15) is 57.5 Å². The van der Waals surface area contributed by atoms with Gasteiger partial charge in [-0.1, -0.05) is 130 Å². The van der Waals surface area contributed by atoms with Crippen LogP contribution in [0.4, 0.5) is 41.9 Å². The van der Waals surface area contributed by atoms with E-state index < -0.39 is 148 Å². The summed E-state index contributed by atoms with van der Waals surface area (Å²) in [5, 5.41) is 1.41. The largest absolute Gasteiger partial charge is 0.493 e. The smallest absolute Gasteiger partial charge is 0.332 e. The molecule has 8 aromatic carbocycles. The topological polar surface area (TPSA) is 305 Å². The van der Waals surface area contributed by atoms with Gasteiger partial charge in [0.2, 0.25) is 0 Å². The van der Waals surface area contributed by atoms with Crippen LogP contribution in [-0.2, 0) is 63.7 Å². The number of aryl methyl sites for hydroxylation is 2. The van der Waals surface area contributed by atoms with Crippen molar-refractivity contribution in [1.82, 2.24) is 19.6 Å². The first-order valence-corrected chi connectivity index (χ1v) is 44.1. The number of anilines is 4. The highest BCUT2D eigenvalue weighted by atomic mass is 79.9. The molecule has 0 bridgehead atoms. The molecule has 127 heavy (non-hydrogen) atoms. The molecule has 12 aliphatic heterocycles. The maximum absolute atomic E-state index is 13.9. The van der Waals surface area contributed by atoms with E-state index in [2.05, 4.69) is 22.9 Å². The van der Waals surface area contributed by atoms with Gasteiger partial charge in [0.1, 0.15) is 45.2 Å². The summed E-state index contributed by atoms with van der Waals surface area (Å²) in [6, 6.07) is 49.4. The molecule has 0 saturated carbocycles. The zero-order valence-electron chi connectivity index (χ0n) is 70.9. The van der Waals surface area contributed by atoms with Gasteiger partial charge in [-0.15, -0.1) is 0 Å². The molecule has 658 valence electrons. The minimum Gasteiger partial charge on any atom is -0.493 e. The van der Waals surface area contributed by atoms with E-state index in [4.69, 9.17) is 72.7 Å². The molecule has 8 saturated heterocycles. The molecule has 0 aromatic heterocycles. The van der Waals surface area contributed by atoms with Crippen molar-refractivity contribution in [1.29, 1.82) is 0 Å². The van der Waals surface area contributed by atoms with E-state index in [0.29, 0.717) is 60.8 Å². The van der Waals surface area contributed by atoms with Crippen molar-refractivity contribution in [3.63, 3.8) is 0 Å². The molecule has 28 nitrogen and oxygen atoms in total. The van der Waals surface area contributed by atoms with Gasteiger partial charge in [0, 0.05) is 65.5 Å². The highest BCUT2D eigenvalue weighted by Gasteiger charge is 2.77. The van der Waals surface area contributed by atoms with Crippen LogP contribution in [0.25, 0.3) is 0 Å². The summed E-state index contributed by atoms with van der Waals surface area (Å²) in [7, 11) is 0. The Morgan fingerprint density at radius 1 is 0.354 bits per heavy atom. The van der Waals surface area contributed by atoms with Crippen molar-refractivity contribution < 1.29 is 95.4 Å². The number of rotatable bonds is 13. The lowest BCUT2D eigenvalue weighted by molar-refractivity contribution is -0.155. The van der Waals surface area contributed by atoms with Gasteiger partial charge in [-0.3, -0.25) is 38.4 Å². The van der Waals surface area contributed by atoms with Crippen LogP contribution in [0.1, 0.15) is 120 Å². The summed E-state index contributed by atoms with van der Waals surface area (Å²) in [5.74, 6) is -6.05. The number of benzene rings is 8. The number of hydrogen-bond donors (Lipinski definition) is 0. The van der Waals surface area contributed by atoms with E-state index in [1.165, 1.54) is 4.90 Å². The fraction of sp³-hybridized carbons (Fsp3) is 0.368. The number of nitrogens with zero attached hydrogens (tertiary/aromatic N) is 8. The third-order valence-corrected chi connectivity index (χ3v) is 28.2. The van der Waals surface area contributed by atoms with Gasteiger partial charge >= 0.3 is 48.0 Å². The molecule has 0 radical (unpaired) electrons. The van der Waals surface area contributed by atoms with Gasteiger partial charge in [0.05, 0.1) is 123 Å². The molecule has 12 amide bonds. The zero-order chi connectivity index (χ0) is 90.1. The van der Waals surface area contributed by atoms with Crippen molar-refractivity contribution in [2.24, 2.45) is 47.3 Å². The Kier molecular flexibility index (Phi) is 22.8. The molecular formula is C95H90BrCl3N8O20. The first-order chi connectivity index (χ1) is 60.9. The number of imide groups is 4. The second kappa shape index (κ2) is 33.3. The first kappa shape index (κ1) is 87.0. The number of fused-ring (bicyclic) bond motifs is 20. The fourth-order valence-electron chi connectivity index (χ4n) is 21.5. The molecule has 0 aliphatic carbocycles. The van der Waals surface area contributed by atoms with Crippen LogP contribution >= 0.6 is 50.7 Å². The second-order valence-electron chi connectivity index (χ2n) is 33.6. The van der Waals surface area contributed by atoms with Gasteiger partial charge in [0.15, 0.2) is 0 Å². The van der Waals surface area contributed by atoms with Crippen molar-refractivity contribution in [2.45, 2.75) is 122 Å². The van der Waals surface area contributed by atoms with Crippen LogP contribution in [0.2, 0.25) is 15.1 Å². The minimum absolute atomic E-state index is 0.181. The number of hydrogen-bond acceptors (Lipinski definition) is 20. The molecule has 12 heterocycles. The lowest BCUT2D eigenvalue weighted by atomic mass is 9.77. The molecule has 8 aromatic rings. The van der Waals surface area contributed by atoms with Crippen molar-refractivity contribution >= 4 is 145 Å². The van der Waals surface area contributed by atoms with Crippen molar-refractivity contribution in [2.75, 3.05) is 72.5 Å². The summed E-state index contributed by atoms with van der Waals surface area (Å²) < 4.78 is 46.2. The van der Waals surface area contributed by atoms with Crippen molar-refractivity contribution in [3.8, 4) is 23.0 Å². The van der Waals surface area contributed by atoms with Crippen LogP contribution in [0.5, 0.6) is 23.0 Å². The zero-order valence-corrected chi connectivity index (χ0v) is 74.7. The van der Waals surface area contributed by atoms with Crippen LogP contribution in [0.15, 0.2) is 186 Å². The molecular weight excluding hydrogens is 1760 g/mol. The standard InChI is InChI=1S/C25H25ClN2O5.C24H23BrN2O5.2C23H21ClN2O5/c1-4-14-9-10-17-19(11-14)33-13-18-20(22(29)32-5-2)25(3)23(30)27(24(31)28(25)21(17)18)16-8-6-7-15(26)12-16;1-4-31-21(28)19-17-12-32-18-10-5-13(2)11-16(18)20(17)27-23(30)26(22(29)24(19,27)3)15-8-6-14(25)7-9-15;2*1-3-30-20(27)18-16-12-31-17-7-5-4-6-15(17)19(16)26-22(29)25(21(28)23(18,26)2)14-10-8-13(24)9-11-14/h6-12,18,20-21H,4-5,13H2,1-3H3;5-11,17,19-20H,4,12H2,1-3H3;2*4-11,16,18-19H,3,12H2,1-2H3/t18-,20+,21-,25-;17-,19+,20-,24+;16-,18+,19+,23+;16-,18+,19-,23+/m1111/s1. The van der Waals surface area contributed by atoms with Gasteiger partial charge in [-0.25, -0.2) is 38.8 Å². The lowest BCUT2D eigenvalue weighted by Gasteiger charge is -2.34. The fourth-order valence-corrected chi connectivity index (χ4v) is 22.2. The Morgan fingerprint density at radius 2 is 0.677 bits per heavy atom. The Bertz CT molecular complexity index is 5720. The van der Waals surface area contributed by atoms with E-state index in [1.807, 2.05) is 91.9 Å². The molecule has 20 rings (SSSR count). The lowest BCUT2D eigenvalue weighted by Crippen LogP contribution is -2.51. The monoisotopic (exact) mass is 1850 g/mol. The Hall–Kier alpha value is -12.1. The number of urea groups is 4. The molecule has 12 aliphatic rings. The summed E-state index contributed by atoms with van der Waals surface area (Å²) in [5.41, 5.74) is 1.42. The number of para-hydroxylation sites is 2. The van der Waals surface area contributed by atoms with Crippen LogP contribution in [-0.4, -0.2) is 166 Å². The summed E-state index contributed by atoms with van der Waals surface area (Å²) in [6.45, 7) is 19.2. The number of esters is 4. The third-order valence-electron chi connectivity index (χ3n) is 27.0. The Labute approximate surface area is 755 Å². The number of halogens is 4. The maximum Gasteiger partial charge on any atom is 0.332 e. The minimum atomic E-state index is -1.41. The number of carbonyl (C=O) groups is 12. The highest BCUT2D eigenvalue weighted by Crippen LogP contribution is 2.64. The predicted molar refractivity (Wildman–Crippen MR) is 468 cm³/mol. The van der Waals surface area contributed by atoms with E-state index in [0.717, 1.165) is 59.0 Å². The van der Waals surface area contributed by atoms with Gasteiger partial charge in [-0.2, -0.15) is 0 Å². The second-order valence-corrected chi connectivity index (χ2v) is 35.8. The molecule has 8 fully saturated rings. The van der Waals surface area contributed by atoms with Gasteiger partial charge in [-0.05, 0) is 190 Å².